The highest BCUT2D eigenvalue weighted by atomic mass is 35.5. The molecule has 4 atom stereocenters. The van der Waals surface area contributed by atoms with Gasteiger partial charge >= 0.3 is 7.82 Å². The number of alkyl halides is 2. The fourth-order valence-corrected chi connectivity index (χ4v) is 12.3. The summed E-state index contributed by atoms with van der Waals surface area (Å²) in [5, 5.41) is 11.2. The first-order chi connectivity index (χ1) is 33.8. The fourth-order valence-electron chi connectivity index (χ4n) is 11.4. The lowest BCUT2D eigenvalue weighted by Gasteiger charge is -2.69. The highest BCUT2D eigenvalue weighted by Crippen LogP contribution is 2.75. The van der Waals surface area contributed by atoms with E-state index in [0.717, 1.165) is 21.4 Å². The number of hydrogen-bond acceptors (Lipinski definition) is 9. The SMILES string of the molecule is CC(C)[C@H](NC(=O)CCCCCN1C(=O)C=CC1=O)C(=O)N[C@@H](C)C(=O)Nc1cc2c(c3ccccc13)[C@H](CCl)CN2C(=O)C12CC(C(=O)N3C[C@@H](CCl)c4c3cc(OP(=O)(O)O)c3ccccc43)(C1)C2. The van der Waals surface area contributed by atoms with E-state index < -0.39 is 42.6 Å². The summed E-state index contributed by atoms with van der Waals surface area (Å²) in [6.45, 7) is 5.93. The van der Waals surface area contributed by atoms with Crippen molar-refractivity contribution < 1.29 is 52.4 Å². The molecule has 10 rings (SSSR count). The second kappa shape index (κ2) is 19.3. The molecule has 6 aliphatic rings. The van der Waals surface area contributed by atoms with Gasteiger partial charge in [0, 0.05) is 84.3 Å². The molecule has 0 unspecified atom stereocenters. The zero-order valence-corrected chi connectivity index (χ0v) is 41.8. The fraction of sp³-hybridized carbons (Fsp3) is 0.431. The number of anilines is 3. The van der Waals surface area contributed by atoms with Gasteiger partial charge in [0.25, 0.3) is 11.8 Å². The van der Waals surface area contributed by atoms with E-state index >= 15 is 0 Å². The predicted octanol–water partition coefficient (Wildman–Crippen LogP) is 6.74. The number of hydrogen-bond donors (Lipinski definition) is 5. The summed E-state index contributed by atoms with van der Waals surface area (Å²) in [6, 6.07) is 15.8. The number of benzene rings is 4. The van der Waals surface area contributed by atoms with Crippen LogP contribution in [-0.2, 0) is 38.1 Å². The van der Waals surface area contributed by atoms with E-state index in [1.807, 2.05) is 30.3 Å². The van der Waals surface area contributed by atoms with Gasteiger partial charge in [-0.3, -0.25) is 48.2 Å². The van der Waals surface area contributed by atoms with Gasteiger partial charge in [-0.25, -0.2) is 4.57 Å². The van der Waals surface area contributed by atoms with Crippen LogP contribution in [0.3, 0.4) is 0 Å². The third kappa shape index (κ3) is 9.20. The number of amides is 7. The van der Waals surface area contributed by atoms with E-state index in [1.165, 1.54) is 18.2 Å². The first kappa shape index (κ1) is 50.1. The molecule has 5 N–H and O–H groups in total. The Kier molecular flexibility index (Phi) is 13.6. The average molecular weight is 1030 g/mol. The Hall–Kier alpha value is -5.84. The average Bonchev–Trinajstić information content (AvgIpc) is 3.98. The number of phosphoric acid groups is 1. The molecule has 4 aromatic rings. The van der Waals surface area contributed by atoms with Crippen LogP contribution >= 0.6 is 31.0 Å². The maximum absolute atomic E-state index is 14.8. The largest absolute Gasteiger partial charge is 0.524 e. The third-order valence-electron chi connectivity index (χ3n) is 14.8. The first-order valence-corrected chi connectivity index (χ1v) is 26.4. The molecule has 2 bridgehead atoms. The first-order valence-electron chi connectivity index (χ1n) is 23.8. The summed E-state index contributed by atoms with van der Waals surface area (Å²) in [7, 11) is -4.96. The zero-order valence-electron chi connectivity index (χ0n) is 39.4. The summed E-state index contributed by atoms with van der Waals surface area (Å²) in [5.41, 5.74) is 1.51. The van der Waals surface area contributed by atoms with Crippen molar-refractivity contribution in [1.29, 1.82) is 0 Å². The van der Waals surface area contributed by atoms with Crippen LogP contribution in [0.2, 0.25) is 0 Å². The minimum Gasteiger partial charge on any atom is -0.404 e. The Labute approximate surface area is 419 Å². The lowest BCUT2D eigenvalue weighted by molar-refractivity contribution is -0.205. The molecule has 0 saturated heterocycles. The minimum atomic E-state index is -4.96. The van der Waals surface area contributed by atoms with Crippen molar-refractivity contribution in [3.63, 3.8) is 0 Å². The highest BCUT2D eigenvalue weighted by molar-refractivity contribution is 7.46. The van der Waals surface area contributed by atoms with Crippen molar-refractivity contribution in [2.75, 3.05) is 46.5 Å². The Bertz CT molecular complexity index is 2960. The number of halogens is 2. The van der Waals surface area contributed by atoms with E-state index in [1.54, 1.807) is 54.8 Å². The number of fused-ring (bicyclic) bond motifs is 6. The van der Waals surface area contributed by atoms with Gasteiger partial charge in [-0.05, 0) is 72.9 Å². The van der Waals surface area contributed by atoms with Crippen LogP contribution in [0.5, 0.6) is 5.75 Å². The molecule has 20 heteroatoms. The second-order valence-electron chi connectivity index (χ2n) is 19.9. The van der Waals surface area contributed by atoms with Crippen LogP contribution in [0.1, 0.15) is 88.7 Å². The van der Waals surface area contributed by atoms with Gasteiger partial charge in [0.1, 0.15) is 17.8 Å². The zero-order chi connectivity index (χ0) is 50.7. The number of unbranched alkanes of at least 4 members (excludes halogenated alkanes) is 2. The molecule has 0 radical (unpaired) electrons. The number of carbonyl (C=O) groups excluding carboxylic acids is 7. The van der Waals surface area contributed by atoms with E-state index in [9.17, 15) is 47.9 Å². The van der Waals surface area contributed by atoms with E-state index in [2.05, 4.69) is 16.0 Å². The Morgan fingerprint density at radius 2 is 1.25 bits per heavy atom. The van der Waals surface area contributed by atoms with Crippen LogP contribution < -0.4 is 30.3 Å². The smallest absolute Gasteiger partial charge is 0.404 e. The molecule has 3 fully saturated rings. The Morgan fingerprint density at radius 3 is 1.79 bits per heavy atom. The van der Waals surface area contributed by atoms with Gasteiger partial charge in [-0.15, -0.1) is 23.2 Å². The molecule has 3 aliphatic carbocycles. The predicted molar refractivity (Wildman–Crippen MR) is 268 cm³/mol. The van der Waals surface area contributed by atoms with Crippen LogP contribution in [0, 0.1) is 16.7 Å². The molecule has 0 spiro atoms. The van der Waals surface area contributed by atoms with Gasteiger partial charge in [-0.1, -0.05) is 68.8 Å². The molecule has 4 aromatic carbocycles. The number of nitrogens with one attached hydrogen (secondary N) is 3. The minimum absolute atomic E-state index is 0.0530. The number of carbonyl (C=O) groups is 7. The molecule has 0 aromatic heterocycles. The molecule has 3 aliphatic heterocycles. The van der Waals surface area contributed by atoms with Crippen molar-refractivity contribution in [2.24, 2.45) is 16.7 Å². The molecule has 3 heterocycles. The maximum Gasteiger partial charge on any atom is 0.524 e. The molecule has 374 valence electrons. The van der Waals surface area contributed by atoms with Crippen molar-refractivity contribution in [1.82, 2.24) is 15.5 Å². The van der Waals surface area contributed by atoms with Crippen LogP contribution in [0.25, 0.3) is 21.5 Å². The number of imide groups is 1. The Morgan fingerprint density at radius 1 is 0.732 bits per heavy atom. The summed E-state index contributed by atoms with van der Waals surface area (Å²) in [6.07, 6.45) is 5.12. The molecular weight excluding hydrogens is 974 g/mol. The van der Waals surface area contributed by atoms with Crippen LogP contribution in [0.4, 0.5) is 17.1 Å². The van der Waals surface area contributed by atoms with E-state index in [-0.39, 0.29) is 84.3 Å². The second-order valence-corrected chi connectivity index (χ2v) is 21.7. The van der Waals surface area contributed by atoms with Crippen molar-refractivity contribution in [3.8, 4) is 5.75 Å². The van der Waals surface area contributed by atoms with Gasteiger partial charge < -0.3 is 30.3 Å². The Balaban J connectivity index is 0.871. The van der Waals surface area contributed by atoms with Gasteiger partial charge in [0.05, 0.1) is 22.2 Å². The molecule has 71 heavy (non-hydrogen) atoms. The number of phosphoric ester groups is 1. The monoisotopic (exact) mass is 1030 g/mol. The lowest BCUT2D eigenvalue weighted by atomic mass is 9.34. The van der Waals surface area contributed by atoms with Crippen molar-refractivity contribution >= 4 is 111 Å². The highest BCUT2D eigenvalue weighted by Gasteiger charge is 2.76. The maximum atomic E-state index is 14.8. The molecule has 3 saturated carbocycles. The molecule has 7 amide bonds. The topological polar surface area (TPSA) is 232 Å². The van der Waals surface area contributed by atoms with Gasteiger partial charge in [-0.2, -0.15) is 0 Å². The van der Waals surface area contributed by atoms with E-state index in [4.69, 9.17) is 27.7 Å². The number of rotatable bonds is 18. The van der Waals surface area contributed by atoms with Gasteiger partial charge in [0.15, 0.2) is 0 Å². The third-order valence-corrected chi connectivity index (χ3v) is 16.0. The number of nitrogens with zero attached hydrogens (tertiary/aromatic N) is 3. The summed E-state index contributed by atoms with van der Waals surface area (Å²) >= 11 is 13.1. The summed E-state index contributed by atoms with van der Waals surface area (Å²) in [5.74, 6) is -2.87. The lowest BCUT2D eigenvalue weighted by Crippen LogP contribution is -2.73. The van der Waals surface area contributed by atoms with Crippen LogP contribution in [-0.4, -0.2) is 99.5 Å². The van der Waals surface area contributed by atoms with Crippen LogP contribution in [0.15, 0.2) is 72.8 Å². The quantitative estimate of drug-likeness (QED) is 0.0303. The van der Waals surface area contributed by atoms with Crippen molar-refractivity contribution in [3.05, 3.63) is 83.9 Å². The summed E-state index contributed by atoms with van der Waals surface area (Å²) in [4.78, 5) is 117. The molecule has 17 nitrogen and oxygen atoms in total. The van der Waals surface area contributed by atoms with Crippen molar-refractivity contribution in [2.45, 2.75) is 89.6 Å². The van der Waals surface area contributed by atoms with Gasteiger partial charge in [0.2, 0.25) is 29.5 Å². The summed E-state index contributed by atoms with van der Waals surface area (Å²) < 4.78 is 17.2. The standard InChI is InChI=1S/C51H55Cl2N6O11P/c1-28(2)45(56-40(60)15-5-4-10-18-57-41(61)16-17-42(57)62)47(64)54-29(3)46(63)55-36-19-37-43(34-13-8-6-11-32(34)36)30(21-52)23-58(37)48(65)50-25-51(26-50,27-50)49(66)59-24-31(22-53)44-35-14-9-7-12-33(35)39(20-38(44)59)70-71(67,68)69/h6-9,11-14,16-17,19-20,28-31,45H,4-5,10,15,18,21-27H2,1-3H3,(H,54,64)(H,55,63)(H,56,60)(H2,67,68,69)/t29-,30+,31+,45-,50?,51?/m0/s1. The normalized spacial score (nSPS) is 22.8. The van der Waals surface area contributed by atoms with E-state index in [0.29, 0.717) is 78.3 Å². The molecular formula is C51H55Cl2N6O11P.